The standard InChI is InChI=1S/C22H27NO3/c1-15(2)23(22(3,4)14-24)21(25)26-13-20-18-11-7-5-9-16(18)17-10-6-8-12-19(17)20/h5-12,15,20,24H,13-14H2,1-4H3. The molecule has 0 bridgehead atoms. The Hall–Kier alpha value is -2.33. The van der Waals surface area contributed by atoms with Gasteiger partial charge in [0.05, 0.1) is 12.1 Å². The van der Waals surface area contributed by atoms with Crippen LogP contribution < -0.4 is 0 Å². The number of hydrogen-bond acceptors (Lipinski definition) is 3. The zero-order valence-corrected chi connectivity index (χ0v) is 15.9. The van der Waals surface area contributed by atoms with Crippen molar-refractivity contribution in [3.8, 4) is 11.1 Å². The SMILES string of the molecule is CC(C)N(C(=O)OCC1c2ccccc2-c2ccccc21)C(C)(C)CO. The molecule has 3 rings (SSSR count). The Morgan fingerprint density at radius 3 is 2.04 bits per heavy atom. The molecule has 0 spiro atoms. The molecule has 0 saturated carbocycles. The van der Waals surface area contributed by atoms with Gasteiger partial charge in [-0.25, -0.2) is 4.79 Å². The third kappa shape index (κ3) is 3.21. The Kier molecular flexibility index (Phi) is 5.05. The Balaban J connectivity index is 1.82. The lowest BCUT2D eigenvalue weighted by molar-refractivity contribution is 0.0182. The molecule has 2 aromatic rings. The molecule has 0 aliphatic heterocycles. The third-order valence-corrected chi connectivity index (χ3v) is 5.09. The summed E-state index contributed by atoms with van der Waals surface area (Å²) in [5, 5.41) is 9.65. The number of amides is 1. The highest BCUT2D eigenvalue weighted by atomic mass is 16.6. The molecule has 0 unspecified atom stereocenters. The van der Waals surface area contributed by atoms with Crippen LogP contribution in [-0.2, 0) is 4.74 Å². The number of aliphatic hydroxyl groups is 1. The van der Waals surface area contributed by atoms with Crippen LogP contribution in [0.2, 0.25) is 0 Å². The quantitative estimate of drug-likeness (QED) is 0.866. The number of carbonyl (C=O) groups is 1. The van der Waals surface area contributed by atoms with E-state index in [1.807, 2.05) is 52.0 Å². The zero-order chi connectivity index (χ0) is 18.9. The normalized spacial score (nSPS) is 13.5. The Labute approximate surface area is 155 Å². The van der Waals surface area contributed by atoms with E-state index in [0.717, 1.165) is 0 Å². The van der Waals surface area contributed by atoms with Gasteiger partial charge in [-0.15, -0.1) is 0 Å². The Bertz CT molecular complexity index is 752. The second kappa shape index (κ2) is 7.12. The highest BCUT2D eigenvalue weighted by Crippen LogP contribution is 2.44. The first-order valence-corrected chi connectivity index (χ1v) is 9.12. The van der Waals surface area contributed by atoms with Gasteiger partial charge in [-0.05, 0) is 49.9 Å². The first kappa shape index (κ1) is 18.5. The van der Waals surface area contributed by atoms with Crippen molar-refractivity contribution in [1.82, 2.24) is 4.90 Å². The fourth-order valence-corrected chi connectivity index (χ4v) is 3.90. The molecule has 0 saturated heterocycles. The molecule has 4 nitrogen and oxygen atoms in total. The molecule has 2 aromatic carbocycles. The second-order valence-corrected chi connectivity index (χ2v) is 7.74. The third-order valence-electron chi connectivity index (χ3n) is 5.09. The molecule has 0 radical (unpaired) electrons. The van der Waals surface area contributed by atoms with Gasteiger partial charge in [-0.1, -0.05) is 48.5 Å². The van der Waals surface area contributed by atoms with Crippen LogP contribution in [0.15, 0.2) is 48.5 Å². The number of ether oxygens (including phenoxy) is 1. The van der Waals surface area contributed by atoms with Gasteiger partial charge in [0.1, 0.15) is 6.61 Å². The summed E-state index contributed by atoms with van der Waals surface area (Å²) < 4.78 is 5.73. The van der Waals surface area contributed by atoms with E-state index in [1.165, 1.54) is 22.3 Å². The maximum atomic E-state index is 12.8. The van der Waals surface area contributed by atoms with E-state index >= 15 is 0 Å². The van der Waals surface area contributed by atoms with E-state index < -0.39 is 5.54 Å². The first-order valence-electron chi connectivity index (χ1n) is 9.12. The molecule has 0 heterocycles. The van der Waals surface area contributed by atoms with Crippen molar-refractivity contribution >= 4 is 6.09 Å². The monoisotopic (exact) mass is 353 g/mol. The highest BCUT2D eigenvalue weighted by molar-refractivity contribution is 5.79. The Morgan fingerprint density at radius 1 is 1.08 bits per heavy atom. The minimum atomic E-state index is -0.670. The summed E-state index contributed by atoms with van der Waals surface area (Å²) >= 11 is 0. The molecular weight excluding hydrogens is 326 g/mol. The molecule has 0 atom stereocenters. The molecule has 0 fully saturated rings. The summed E-state index contributed by atoms with van der Waals surface area (Å²) in [5.41, 5.74) is 4.13. The lowest BCUT2D eigenvalue weighted by atomic mass is 9.98. The number of benzene rings is 2. The number of hydrogen-bond donors (Lipinski definition) is 1. The second-order valence-electron chi connectivity index (χ2n) is 7.74. The number of nitrogens with zero attached hydrogens (tertiary/aromatic N) is 1. The van der Waals surface area contributed by atoms with Crippen LogP contribution in [0.25, 0.3) is 11.1 Å². The van der Waals surface area contributed by atoms with E-state index in [4.69, 9.17) is 4.74 Å². The van der Waals surface area contributed by atoms with Crippen molar-refractivity contribution in [2.45, 2.75) is 45.2 Å². The van der Waals surface area contributed by atoms with Gasteiger partial charge in [0, 0.05) is 12.0 Å². The molecule has 1 amide bonds. The molecule has 4 heteroatoms. The van der Waals surface area contributed by atoms with Crippen molar-refractivity contribution in [2.24, 2.45) is 0 Å². The molecule has 138 valence electrons. The Morgan fingerprint density at radius 2 is 1.58 bits per heavy atom. The summed E-state index contributed by atoms with van der Waals surface area (Å²) in [6, 6.07) is 16.5. The summed E-state index contributed by atoms with van der Waals surface area (Å²) in [5.74, 6) is 0.0394. The number of rotatable bonds is 5. The molecule has 1 N–H and O–H groups in total. The fraction of sp³-hybridized carbons (Fsp3) is 0.409. The van der Waals surface area contributed by atoms with E-state index in [1.54, 1.807) is 4.90 Å². The smallest absolute Gasteiger partial charge is 0.410 e. The average molecular weight is 353 g/mol. The lowest BCUT2D eigenvalue weighted by Gasteiger charge is -2.39. The minimum Gasteiger partial charge on any atom is -0.448 e. The van der Waals surface area contributed by atoms with Gasteiger partial charge in [0.25, 0.3) is 0 Å². The van der Waals surface area contributed by atoms with Crippen molar-refractivity contribution in [3.05, 3.63) is 59.7 Å². The highest BCUT2D eigenvalue weighted by Gasteiger charge is 2.35. The molecule has 26 heavy (non-hydrogen) atoms. The first-order chi connectivity index (χ1) is 12.4. The largest absolute Gasteiger partial charge is 0.448 e. The van der Waals surface area contributed by atoms with E-state index in [2.05, 4.69) is 24.3 Å². The van der Waals surface area contributed by atoms with Gasteiger partial charge in [0.15, 0.2) is 0 Å². The van der Waals surface area contributed by atoms with Crippen molar-refractivity contribution in [3.63, 3.8) is 0 Å². The summed E-state index contributed by atoms with van der Waals surface area (Å²) in [4.78, 5) is 14.4. The fourth-order valence-electron chi connectivity index (χ4n) is 3.90. The predicted octanol–water partition coefficient (Wildman–Crippen LogP) is 4.42. The van der Waals surface area contributed by atoms with Crippen LogP contribution in [0, 0.1) is 0 Å². The van der Waals surface area contributed by atoms with E-state index in [9.17, 15) is 9.90 Å². The molecular formula is C22H27NO3. The summed E-state index contributed by atoms with van der Waals surface area (Å²) in [6.45, 7) is 7.72. The topological polar surface area (TPSA) is 49.8 Å². The molecule has 0 aromatic heterocycles. The van der Waals surface area contributed by atoms with Gasteiger partial charge >= 0.3 is 6.09 Å². The molecule has 1 aliphatic carbocycles. The maximum absolute atomic E-state index is 12.8. The van der Waals surface area contributed by atoms with Crippen LogP contribution in [0.4, 0.5) is 4.79 Å². The number of aliphatic hydroxyl groups excluding tert-OH is 1. The van der Waals surface area contributed by atoms with Crippen LogP contribution in [0.1, 0.15) is 44.7 Å². The van der Waals surface area contributed by atoms with Crippen LogP contribution in [-0.4, -0.2) is 40.9 Å². The van der Waals surface area contributed by atoms with Crippen molar-refractivity contribution in [1.29, 1.82) is 0 Å². The maximum Gasteiger partial charge on any atom is 0.410 e. The molecule has 1 aliphatic rings. The van der Waals surface area contributed by atoms with Crippen LogP contribution in [0.3, 0.4) is 0 Å². The van der Waals surface area contributed by atoms with Gasteiger partial charge in [-0.2, -0.15) is 0 Å². The van der Waals surface area contributed by atoms with Crippen LogP contribution >= 0.6 is 0 Å². The predicted molar refractivity (Wildman–Crippen MR) is 103 cm³/mol. The van der Waals surface area contributed by atoms with Crippen molar-refractivity contribution in [2.75, 3.05) is 13.2 Å². The van der Waals surface area contributed by atoms with Crippen molar-refractivity contribution < 1.29 is 14.6 Å². The van der Waals surface area contributed by atoms with Gasteiger partial charge in [0.2, 0.25) is 0 Å². The lowest BCUT2D eigenvalue weighted by Crippen LogP contribution is -2.53. The van der Waals surface area contributed by atoms with Gasteiger partial charge < -0.3 is 9.84 Å². The number of fused-ring (bicyclic) bond motifs is 3. The minimum absolute atomic E-state index is 0.0394. The summed E-state index contributed by atoms with van der Waals surface area (Å²) in [6.07, 6.45) is -0.388. The van der Waals surface area contributed by atoms with E-state index in [-0.39, 0.29) is 31.3 Å². The van der Waals surface area contributed by atoms with Gasteiger partial charge in [-0.3, -0.25) is 4.90 Å². The zero-order valence-electron chi connectivity index (χ0n) is 15.9. The van der Waals surface area contributed by atoms with E-state index in [0.29, 0.717) is 0 Å². The average Bonchev–Trinajstić information content (AvgIpc) is 2.93. The summed E-state index contributed by atoms with van der Waals surface area (Å²) in [7, 11) is 0. The van der Waals surface area contributed by atoms with Crippen LogP contribution in [0.5, 0.6) is 0 Å². The number of carbonyl (C=O) groups excluding carboxylic acids is 1.